The Balaban J connectivity index is 3.46. The lowest BCUT2D eigenvalue weighted by Crippen LogP contribution is -1.92. The Bertz CT molecular complexity index is 277. The Labute approximate surface area is 85.0 Å². The highest BCUT2D eigenvalue weighted by atomic mass is 79.9. The zero-order valence-corrected chi connectivity index (χ0v) is 9.09. The maximum Gasteiger partial charge on any atom is 0.148 e. The summed E-state index contributed by atoms with van der Waals surface area (Å²) in [5.41, 5.74) is 5.35. The van der Waals surface area contributed by atoms with Crippen LogP contribution in [0.3, 0.4) is 0 Å². The molecule has 0 aromatic heterocycles. The highest BCUT2D eigenvalue weighted by Gasteiger charge is 2.10. The molecule has 0 heterocycles. The number of anilines is 1. The number of halogens is 4. The molecule has 1 aromatic rings. The third-order valence-electron chi connectivity index (χ3n) is 1.15. The first kappa shape index (κ1) is 9.29. The molecule has 0 saturated heterocycles. The summed E-state index contributed by atoms with van der Waals surface area (Å²) in [4.78, 5) is 0. The fraction of sp³-hybridized carbons (Fsp3) is 0. The molecule has 0 unspecified atom stereocenters. The van der Waals surface area contributed by atoms with Gasteiger partial charge in [0.15, 0.2) is 0 Å². The molecule has 2 N–H and O–H groups in total. The summed E-state index contributed by atoms with van der Waals surface area (Å²) in [6, 6.07) is 1.22. The zero-order chi connectivity index (χ0) is 8.59. The fourth-order valence-electron chi connectivity index (χ4n) is 0.580. The van der Waals surface area contributed by atoms with Crippen LogP contribution in [-0.2, 0) is 0 Å². The predicted molar refractivity (Wildman–Crippen MR) is 51.2 cm³/mol. The van der Waals surface area contributed by atoms with Gasteiger partial charge in [0.25, 0.3) is 0 Å². The standard InChI is InChI=1S/C6H3Br2ClFN/c7-2-1-3(10)6(11)4(8)5(2)9/h1H,11H2. The maximum absolute atomic E-state index is 12.8. The van der Waals surface area contributed by atoms with Crippen molar-refractivity contribution in [3.8, 4) is 0 Å². The van der Waals surface area contributed by atoms with Crippen LogP contribution in [0, 0.1) is 5.82 Å². The van der Waals surface area contributed by atoms with E-state index in [-0.39, 0.29) is 5.69 Å². The summed E-state index contributed by atoms with van der Waals surface area (Å²) in [7, 11) is 0. The van der Waals surface area contributed by atoms with Gasteiger partial charge in [-0.3, -0.25) is 0 Å². The minimum Gasteiger partial charge on any atom is -0.395 e. The smallest absolute Gasteiger partial charge is 0.148 e. The molecule has 0 bridgehead atoms. The molecule has 0 aliphatic heterocycles. The minimum atomic E-state index is -0.492. The number of rotatable bonds is 0. The molecule has 1 rings (SSSR count). The first-order valence-corrected chi connectivity index (χ1v) is 4.59. The monoisotopic (exact) mass is 301 g/mol. The van der Waals surface area contributed by atoms with Gasteiger partial charge in [-0.2, -0.15) is 0 Å². The van der Waals surface area contributed by atoms with Crippen LogP contribution < -0.4 is 5.73 Å². The molecule has 0 atom stereocenters. The summed E-state index contributed by atoms with van der Waals surface area (Å²) in [5.74, 6) is -0.492. The number of nitrogen functional groups attached to an aromatic ring is 1. The molecule has 1 nitrogen and oxygen atoms in total. The minimum absolute atomic E-state index is 0.0261. The van der Waals surface area contributed by atoms with E-state index in [0.717, 1.165) is 0 Å². The van der Waals surface area contributed by atoms with E-state index in [2.05, 4.69) is 31.9 Å². The van der Waals surface area contributed by atoms with Crippen molar-refractivity contribution in [3.63, 3.8) is 0 Å². The van der Waals surface area contributed by atoms with Crippen molar-refractivity contribution in [2.24, 2.45) is 0 Å². The molecule has 0 saturated carbocycles. The number of hydrogen-bond acceptors (Lipinski definition) is 1. The SMILES string of the molecule is Nc1c(F)cc(Br)c(Cl)c1Br. The van der Waals surface area contributed by atoms with Gasteiger partial charge in [-0.1, -0.05) is 11.6 Å². The molecular formula is C6H3Br2ClFN. The van der Waals surface area contributed by atoms with E-state index in [1.54, 1.807) is 0 Å². The first-order valence-electron chi connectivity index (χ1n) is 2.62. The average Bonchev–Trinajstić information content (AvgIpc) is 1.97. The first-order chi connectivity index (χ1) is 5.04. The van der Waals surface area contributed by atoms with E-state index >= 15 is 0 Å². The van der Waals surface area contributed by atoms with Crippen molar-refractivity contribution < 1.29 is 4.39 Å². The summed E-state index contributed by atoms with van der Waals surface area (Å²) in [5, 5.41) is 0.379. The largest absolute Gasteiger partial charge is 0.395 e. The van der Waals surface area contributed by atoms with Gasteiger partial charge in [0.2, 0.25) is 0 Å². The Kier molecular flexibility index (Phi) is 2.78. The lowest BCUT2D eigenvalue weighted by Gasteiger charge is -2.03. The quantitative estimate of drug-likeness (QED) is 0.442. The molecule has 1 aromatic carbocycles. The third-order valence-corrected chi connectivity index (χ3v) is 3.45. The fourth-order valence-corrected chi connectivity index (χ4v) is 1.80. The Morgan fingerprint density at radius 3 is 2.55 bits per heavy atom. The molecule has 0 fully saturated rings. The number of nitrogens with two attached hydrogens (primary N) is 1. The van der Waals surface area contributed by atoms with E-state index in [9.17, 15) is 4.39 Å². The third kappa shape index (κ3) is 1.68. The molecule has 0 aliphatic rings. The average molecular weight is 303 g/mol. The lowest BCUT2D eigenvalue weighted by molar-refractivity contribution is 0.631. The van der Waals surface area contributed by atoms with Gasteiger partial charge < -0.3 is 5.73 Å². The van der Waals surface area contributed by atoms with Gasteiger partial charge in [0, 0.05) is 4.47 Å². The molecule has 60 valence electrons. The highest BCUT2D eigenvalue weighted by molar-refractivity contribution is 9.11. The van der Waals surface area contributed by atoms with Crippen LogP contribution in [0.25, 0.3) is 0 Å². The molecule has 0 aliphatic carbocycles. The van der Waals surface area contributed by atoms with Gasteiger partial charge in [-0.05, 0) is 37.9 Å². The van der Waals surface area contributed by atoms with Crippen LogP contribution in [-0.4, -0.2) is 0 Å². The molecule has 0 spiro atoms. The van der Waals surface area contributed by atoms with Gasteiger partial charge in [-0.15, -0.1) is 0 Å². The second-order valence-corrected chi connectivity index (χ2v) is 3.91. The normalized spacial score (nSPS) is 10.2. The predicted octanol–water partition coefficient (Wildman–Crippen LogP) is 3.59. The van der Waals surface area contributed by atoms with E-state index < -0.39 is 5.82 Å². The van der Waals surface area contributed by atoms with Crippen LogP contribution in [0.2, 0.25) is 5.02 Å². The molecular weight excluding hydrogens is 300 g/mol. The summed E-state index contributed by atoms with van der Waals surface area (Å²) in [6.07, 6.45) is 0. The zero-order valence-electron chi connectivity index (χ0n) is 5.17. The second kappa shape index (κ2) is 3.29. The Morgan fingerprint density at radius 2 is 2.00 bits per heavy atom. The van der Waals surface area contributed by atoms with Crippen molar-refractivity contribution in [3.05, 3.63) is 25.9 Å². The second-order valence-electron chi connectivity index (χ2n) is 1.88. The van der Waals surface area contributed by atoms with E-state index in [4.69, 9.17) is 17.3 Å². The van der Waals surface area contributed by atoms with Crippen LogP contribution in [0.1, 0.15) is 0 Å². The summed E-state index contributed by atoms with van der Waals surface area (Å²) >= 11 is 11.8. The Morgan fingerprint density at radius 1 is 1.45 bits per heavy atom. The van der Waals surface area contributed by atoms with Crippen molar-refractivity contribution in [2.75, 3.05) is 5.73 Å². The van der Waals surface area contributed by atoms with Crippen molar-refractivity contribution >= 4 is 49.1 Å². The number of hydrogen-bond donors (Lipinski definition) is 1. The van der Waals surface area contributed by atoms with Crippen LogP contribution in [0.4, 0.5) is 10.1 Å². The van der Waals surface area contributed by atoms with Gasteiger partial charge in [-0.25, -0.2) is 4.39 Å². The van der Waals surface area contributed by atoms with Gasteiger partial charge >= 0.3 is 0 Å². The van der Waals surface area contributed by atoms with E-state index in [1.165, 1.54) is 6.07 Å². The molecule has 0 amide bonds. The highest BCUT2D eigenvalue weighted by Crippen LogP contribution is 2.36. The Hall–Kier alpha value is 0.200. The van der Waals surface area contributed by atoms with Crippen LogP contribution in [0.5, 0.6) is 0 Å². The van der Waals surface area contributed by atoms with Crippen molar-refractivity contribution in [1.29, 1.82) is 0 Å². The topological polar surface area (TPSA) is 26.0 Å². The molecule has 0 radical (unpaired) electrons. The van der Waals surface area contributed by atoms with Crippen LogP contribution in [0.15, 0.2) is 15.0 Å². The summed E-state index contributed by atoms with van der Waals surface area (Å²) in [6.45, 7) is 0. The van der Waals surface area contributed by atoms with Crippen molar-refractivity contribution in [1.82, 2.24) is 0 Å². The molecule has 5 heteroatoms. The van der Waals surface area contributed by atoms with E-state index in [1.807, 2.05) is 0 Å². The number of benzene rings is 1. The van der Waals surface area contributed by atoms with E-state index in [0.29, 0.717) is 14.0 Å². The lowest BCUT2D eigenvalue weighted by atomic mass is 10.3. The molecule has 11 heavy (non-hydrogen) atoms. The summed E-state index contributed by atoms with van der Waals surface area (Å²) < 4.78 is 13.6. The van der Waals surface area contributed by atoms with Crippen molar-refractivity contribution in [2.45, 2.75) is 0 Å². The maximum atomic E-state index is 12.8. The van der Waals surface area contributed by atoms with Gasteiger partial charge in [0.1, 0.15) is 5.82 Å². The van der Waals surface area contributed by atoms with Gasteiger partial charge in [0.05, 0.1) is 15.2 Å². The van der Waals surface area contributed by atoms with Crippen LogP contribution >= 0.6 is 43.5 Å².